The van der Waals surface area contributed by atoms with Crippen LogP contribution < -0.4 is 10.9 Å². The molecular formula is C30H24N6O2S. The number of hydrogen-bond donors (Lipinski definition) is 1. The van der Waals surface area contributed by atoms with Gasteiger partial charge in [0.25, 0.3) is 11.5 Å². The molecule has 0 saturated heterocycles. The first-order valence-corrected chi connectivity index (χ1v) is 13.4. The van der Waals surface area contributed by atoms with E-state index in [1.54, 1.807) is 40.0 Å². The Hall–Kier alpha value is -4.89. The normalized spacial score (nSPS) is 12.4. The number of hydrogen-bond acceptors (Lipinski definition) is 6. The quantitative estimate of drug-likeness (QED) is 0.307. The van der Waals surface area contributed by atoms with Crippen molar-refractivity contribution < 1.29 is 4.79 Å². The molecule has 6 aromatic rings. The average molecular weight is 533 g/mol. The third kappa shape index (κ3) is 4.53. The molecule has 2 aromatic carbocycles. The van der Waals surface area contributed by atoms with E-state index in [9.17, 15) is 9.59 Å². The maximum atomic E-state index is 14.2. The molecule has 9 heteroatoms. The van der Waals surface area contributed by atoms with Crippen LogP contribution in [0, 0.1) is 6.92 Å². The van der Waals surface area contributed by atoms with Gasteiger partial charge in [-0.05, 0) is 55.1 Å². The number of nitrogens with zero attached hydrogens (tertiary/aromatic N) is 5. The zero-order valence-electron chi connectivity index (χ0n) is 21.3. The summed E-state index contributed by atoms with van der Waals surface area (Å²) in [6.45, 7) is 3.66. The average Bonchev–Trinajstić information content (AvgIpc) is 3.59. The summed E-state index contributed by atoms with van der Waals surface area (Å²) in [4.78, 5) is 36.3. The lowest BCUT2D eigenvalue weighted by Gasteiger charge is -2.21. The number of carbonyl (C=O) groups is 1. The molecule has 0 aliphatic rings. The van der Waals surface area contributed by atoms with Crippen molar-refractivity contribution in [3.05, 3.63) is 123 Å². The number of aryl methyl sites for hydroxylation is 1. The highest BCUT2D eigenvalue weighted by molar-refractivity contribution is 7.07. The van der Waals surface area contributed by atoms with E-state index in [0.29, 0.717) is 33.7 Å². The van der Waals surface area contributed by atoms with E-state index in [1.165, 1.54) is 11.3 Å². The van der Waals surface area contributed by atoms with Crippen LogP contribution in [0.25, 0.3) is 34.3 Å². The van der Waals surface area contributed by atoms with Crippen molar-refractivity contribution in [2.75, 3.05) is 0 Å². The van der Waals surface area contributed by atoms with E-state index in [2.05, 4.69) is 20.4 Å². The first-order chi connectivity index (χ1) is 19.0. The molecular weight excluding hydrogens is 508 g/mol. The molecule has 0 unspecified atom stereocenters. The highest BCUT2D eigenvalue weighted by Crippen LogP contribution is 2.25. The molecule has 0 fully saturated rings. The zero-order chi connectivity index (χ0) is 26.9. The van der Waals surface area contributed by atoms with Crippen molar-refractivity contribution in [2.45, 2.75) is 19.9 Å². The summed E-state index contributed by atoms with van der Waals surface area (Å²) in [5, 5.41) is 10.8. The van der Waals surface area contributed by atoms with Crippen LogP contribution in [0.15, 0.2) is 88.7 Å². The Morgan fingerprint density at radius 2 is 1.90 bits per heavy atom. The minimum Gasteiger partial charge on any atom is -0.344 e. The van der Waals surface area contributed by atoms with Crippen LogP contribution in [-0.2, 0) is 0 Å². The maximum Gasteiger partial charge on any atom is 0.263 e. The summed E-state index contributed by atoms with van der Waals surface area (Å²) in [6.07, 6.45) is 7.21. The Morgan fingerprint density at radius 3 is 2.69 bits per heavy atom. The molecule has 6 rings (SSSR count). The first kappa shape index (κ1) is 24.4. The molecule has 0 bridgehead atoms. The SMILES string of the molecule is Cc1nn2cccnc2c1C(=O)N[C@@H](C)c1cc2cccc(/C=C/c3cscn3)c2c(=O)n1-c1ccccc1. The largest absolute Gasteiger partial charge is 0.344 e. The number of carbonyl (C=O) groups excluding carboxylic acids is 1. The summed E-state index contributed by atoms with van der Waals surface area (Å²) < 4.78 is 3.26. The number of fused-ring (bicyclic) bond motifs is 2. The Kier molecular flexibility index (Phi) is 6.34. The second-order valence-corrected chi connectivity index (χ2v) is 9.87. The van der Waals surface area contributed by atoms with Gasteiger partial charge in [0.1, 0.15) is 5.56 Å². The topological polar surface area (TPSA) is 94.2 Å². The fraction of sp³-hybridized carbons (Fsp3) is 0.100. The number of benzene rings is 2. The minimum absolute atomic E-state index is 0.165. The van der Waals surface area contributed by atoms with E-state index in [4.69, 9.17) is 0 Å². The smallest absolute Gasteiger partial charge is 0.263 e. The van der Waals surface area contributed by atoms with E-state index in [1.807, 2.05) is 79.1 Å². The van der Waals surface area contributed by atoms with Gasteiger partial charge in [0.05, 0.1) is 28.3 Å². The molecule has 0 aliphatic carbocycles. The predicted molar refractivity (Wildman–Crippen MR) is 154 cm³/mol. The van der Waals surface area contributed by atoms with Crippen LogP contribution in [0.3, 0.4) is 0 Å². The van der Waals surface area contributed by atoms with E-state index in [-0.39, 0.29) is 11.5 Å². The van der Waals surface area contributed by atoms with Crippen molar-refractivity contribution in [2.24, 2.45) is 0 Å². The Balaban J connectivity index is 1.47. The number of thiazole rings is 1. The van der Waals surface area contributed by atoms with E-state index < -0.39 is 6.04 Å². The van der Waals surface area contributed by atoms with Crippen LogP contribution in [0.2, 0.25) is 0 Å². The molecule has 4 aromatic heterocycles. The van der Waals surface area contributed by atoms with E-state index >= 15 is 0 Å². The molecule has 39 heavy (non-hydrogen) atoms. The summed E-state index contributed by atoms with van der Waals surface area (Å²) >= 11 is 1.52. The second-order valence-electron chi connectivity index (χ2n) is 9.15. The molecule has 1 atom stereocenters. The van der Waals surface area contributed by atoms with Gasteiger partial charge in [-0.1, -0.05) is 42.5 Å². The maximum absolute atomic E-state index is 14.2. The van der Waals surface area contributed by atoms with Crippen LogP contribution >= 0.6 is 11.3 Å². The van der Waals surface area contributed by atoms with Crippen molar-refractivity contribution in [1.82, 2.24) is 29.5 Å². The van der Waals surface area contributed by atoms with Gasteiger partial charge in [0, 0.05) is 29.2 Å². The van der Waals surface area contributed by atoms with Crippen molar-refractivity contribution in [1.29, 1.82) is 0 Å². The lowest BCUT2D eigenvalue weighted by molar-refractivity contribution is 0.0939. The molecule has 0 radical (unpaired) electrons. The highest BCUT2D eigenvalue weighted by Gasteiger charge is 2.23. The minimum atomic E-state index is -0.498. The monoisotopic (exact) mass is 532 g/mol. The Labute approximate surface area is 227 Å². The van der Waals surface area contributed by atoms with Gasteiger partial charge in [-0.15, -0.1) is 11.3 Å². The summed E-state index contributed by atoms with van der Waals surface area (Å²) in [6, 6.07) is 18.5. The molecule has 0 spiro atoms. The number of para-hydroxylation sites is 1. The van der Waals surface area contributed by atoms with Crippen LogP contribution in [0.5, 0.6) is 0 Å². The summed E-state index contributed by atoms with van der Waals surface area (Å²) in [5.74, 6) is -0.305. The predicted octanol–water partition coefficient (Wildman–Crippen LogP) is 5.46. The number of rotatable bonds is 6. The van der Waals surface area contributed by atoms with Crippen LogP contribution in [-0.4, -0.2) is 30.1 Å². The van der Waals surface area contributed by atoms with Crippen molar-refractivity contribution in [3.63, 3.8) is 0 Å². The van der Waals surface area contributed by atoms with Gasteiger partial charge in [-0.3, -0.25) is 14.2 Å². The molecule has 4 heterocycles. The third-order valence-electron chi connectivity index (χ3n) is 6.60. The fourth-order valence-corrected chi connectivity index (χ4v) is 5.32. The fourth-order valence-electron chi connectivity index (χ4n) is 4.79. The zero-order valence-corrected chi connectivity index (χ0v) is 22.1. The molecule has 8 nitrogen and oxygen atoms in total. The Bertz CT molecular complexity index is 1910. The van der Waals surface area contributed by atoms with Crippen molar-refractivity contribution in [3.8, 4) is 5.69 Å². The lowest BCUT2D eigenvalue weighted by atomic mass is 10.0. The van der Waals surface area contributed by atoms with Gasteiger partial charge >= 0.3 is 0 Å². The standard InChI is InChI=1S/C30H24N6O2S/c1-19(33-29(37)26-20(2)34-35-15-7-14-31-28(26)35)25-16-22-9-6-8-21(12-13-23-17-39-18-32-23)27(22)30(38)36(25)24-10-4-3-5-11-24/h3-19H,1-2H3,(H,33,37)/b13-12+/t19-/m0/s1. The summed E-state index contributed by atoms with van der Waals surface area (Å²) in [7, 11) is 0. The molecule has 1 N–H and O–H groups in total. The summed E-state index contributed by atoms with van der Waals surface area (Å²) in [5.41, 5.74) is 6.09. The van der Waals surface area contributed by atoms with Crippen molar-refractivity contribution >= 4 is 45.8 Å². The number of nitrogens with one attached hydrogen (secondary N) is 1. The van der Waals surface area contributed by atoms with Crippen LogP contribution in [0.4, 0.5) is 0 Å². The molecule has 0 saturated carbocycles. The van der Waals surface area contributed by atoms with Gasteiger partial charge < -0.3 is 5.32 Å². The van der Waals surface area contributed by atoms with Gasteiger partial charge in [0.15, 0.2) is 5.65 Å². The molecule has 0 aliphatic heterocycles. The number of amides is 1. The van der Waals surface area contributed by atoms with Gasteiger partial charge in [-0.25, -0.2) is 14.5 Å². The molecule has 192 valence electrons. The molecule has 1 amide bonds. The highest BCUT2D eigenvalue weighted by atomic mass is 32.1. The third-order valence-corrected chi connectivity index (χ3v) is 7.20. The number of pyridine rings is 1. The lowest BCUT2D eigenvalue weighted by Crippen LogP contribution is -2.32. The van der Waals surface area contributed by atoms with Gasteiger partial charge in [-0.2, -0.15) is 5.10 Å². The van der Waals surface area contributed by atoms with Crippen LogP contribution in [0.1, 0.15) is 46.0 Å². The Morgan fingerprint density at radius 1 is 1.05 bits per heavy atom. The first-order valence-electron chi connectivity index (χ1n) is 12.4. The van der Waals surface area contributed by atoms with E-state index in [0.717, 1.165) is 16.6 Å². The van der Waals surface area contributed by atoms with Gasteiger partial charge in [0.2, 0.25) is 0 Å². The number of aromatic nitrogens is 5. The second kappa shape index (κ2) is 10.1.